The van der Waals surface area contributed by atoms with Gasteiger partial charge in [-0.1, -0.05) is 36.8 Å². The molecule has 1 aliphatic rings. The van der Waals surface area contributed by atoms with Gasteiger partial charge in [0.2, 0.25) is 5.91 Å². The molecule has 1 aromatic rings. The Bertz CT molecular complexity index is 483. The van der Waals surface area contributed by atoms with E-state index in [2.05, 4.69) is 49.9 Å². The van der Waals surface area contributed by atoms with Gasteiger partial charge in [0.25, 0.3) is 0 Å². The minimum Gasteiger partial charge on any atom is -0.339 e. The predicted octanol–water partition coefficient (Wildman–Crippen LogP) is 3.29. The van der Waals surface area contributed by atoms with E-state index in [1.54, 1.807) is 0 Å². The molecule has 2 rings (SSSR count). The fraction of sp³-hybridized carbons (Fsp3) is 0.632. The number of nitrogens with zero attached hydrogens (tertiary/aromatic N) is 1. The molecule has 0 radical (unpaired) electrons. The number of hydrogen-bond acceptors (Lipinski definition) is 2. The zero-order valence-electron chi connectivity index (χ0n) is 14.2. The Morgan fingerprint density at radius 1 is 1.27 bits per heavy atom. The summed E-state index contributed by atoms with van der Waals surface area (Å²) in [5, 5.41) is 0. The van der Waals surface area contributed by atoms with Gasteiger partial charge in [0.15, 0.2) is 0 Å². The average Bonchev–Trinajstić information content (AvgIpc) is 2.95. The molecule has 1 saturated carbocycles. The average molecular weight is 302 g/mol. The van der Waals surface area contributed by atoms with Crippen LogP contribution in [0, 0.1) is 12.8 Å². The van der Waals surface area contributed by atoms with Gasteiger partial charge in [0.05, 0.1) is 0 Å². The molecule has 1 aromatic carbocycles. The lowest BCUT2D eigenvalue weighted by atomic mass is 9.98. The molecule has 2 N–H and O–H groups in total. The van der Waals surface area contributed by atoms with Crippen LogP contribution in [0.3, 0.4) is 0 Å². The van der Waals surface area contributed by atoms with Gasteiger partial charge in [-0.05, 0) is 51.5 Å². The fourth-order valence-electron chi connectivity index (χ4n) is 3.54. The summed E-state index contributed by atoms with van der Waals surface area (Å²) in [6, 6.07) is 9.16. The zero-order chi connectivity index (χ0) is 16.1. The summed E-state index contributed by atoms with van der Waals surface area (Å²) < 4.78 is 0. The van der Waals surface area contributed by atoms with Gasteiger partial charge in [0.1, 0.15) is 0 Å². The van der Waals surface area contributed by atoms with Crippen LogP contribution >= 0.6 is 0 Å². The first-order valence-electron chi connectivity index (χ1n) is 8.66. The SMILES string of the molecule is CCC(Cc1ccc(C)cc1)N(CC)C(=O)C1CCC(N)C1. The molecule has 0 spiro atoms. The molecular formula is C19H30N2O. The van der Waals surface area contributed by atoms with E-state index >= 15 is 0 Å². The summed E-state index contributed by atoms with van der Waals surface area (Å²) in [5.74, 6) is 0.455. The Morgan fingerprint density at radius 2 is 1.95 bits per heavy atom. The van der Waals surface area contributed by atoms with Crippen LogP contribution in [-0.2, 0) is 11.2 Å². The van der Waals surface area contributed by atoms with Crippen LogP contribution in [0.5, 0.6) is 0 Å². The Balaban J connectivity index is 2.05. The van der Waals surface area contributed by atoms with Gasteiger partial charge < -0.3 is 10.6 Å². The standard InChI is InChI=1S/C19H30N2O/c1-4-18(12-15-8-6-14(3)7-9-15)21(5-2)19(22)16-10-11-17(20)13-16/h6-9,16-18H,4-5,10-13,20H2,1-3H3. The number of hydrogen-bond donors (Lipinski definition) is 1. The highest BCUT2D eigenvalue weighted by molar-refractivity contribution is 5.79. The first kappa shape index (κ1) is 17.0. The van der Waals surface area contributed by atoms with E-state index in [4.69, 9.17) is 5.73 Å². The van der Waals surface area contributed by atoms with Crippen LogP contribution in [0.1, 0.15) is 50.7 Å². The molecule has 3 unspecified atom stereocenters. The highest BCUT2D eigenvalue weighted by atomic mass is 16.2. The van der Waals surface area contributed by atoms with E-state index in [-0.39, 0.29) is 18.0 Å². The van der Waals surface area contributed by atoms with E-state index in [9.17, 15) is 4.79 Å². The third-order valence-corrected chi connectivity index (χ3v) is 4.95. The Labute approximate surface area is 134 Å². The molecule has 3 atom stereocenters. The third-order valence-electron chi connectivity index (χ3n) is 4.95. The van der Waals surface area contributed by atoms with Gasteiger partial charge in [-0.3, -0.25) is 4.79 Å². The van der Waals surface area contributed by atoms with Gasteiger partial charge in [-0.2, -0.15) is 0 Å². The van der Waals surface area contributed by atoms with Crippen LogP contribution in [0.4, 0.5) is 0 Å². The molecule has 0 bridgehead atoms. The van der Waals surface area contributed by atoms with Crippen LogP contribution in [0.2, 0.25) is 0 Å². The van der Waals surface area contributed by atoms with Crippen LogP contribution in [-0.4, -0.2) is 29.4 Å². The lowest BCUT2D eigenvalue weighted by molar-refractivity contribution is -0.137. The fourth-order valence-corrected chi connectivity index (χ4v) is 3.54. The number of nitrogens with two attached hydrogens (primary N) is 1. The quantitative estimate of drug-likeness (QED) is 0.876. The first-order valence-corrected chi connectivity index (χ1v) is 8.66. The van der Waals surface area contributed by atoms with Crippen LogP contribution in [0.25, 0.3) is 0 Å². The molecule has 1 fully saturated rings. The van der Waals surface area contributed by atoms with Crippen molar-refractivity contribution in [3.63, 3.8) is 0 Å². The van der Waals surface area contributed by atoms with E-state index in [1.807, 2.05) is 0 Å². The molecule has 22 heavy (non-hydrogen) atoms. The smallest absolute Gasteiger partial charge is 0.225 e. The number of likely N-dealkylation sites (N-methyl/N-ethyl adjacent to an activating group) is 1. The molecular weight excluding hydrogens is 272 g/mol. The van der Waals surface area contributed by atoms with Crippen molar-refractivity contribution in [2.24, 2.45) is 11.7 Å². The number of amides is 1. The van der Waals surface area contributed by atoms with Crippen molar-refractivity contribution in [2.45, 2.75) is 65.0 Å². The second kappa shape index (κ2) is 7.77. The van der Waals surface area contributed by atoms with Crippen molar-refractivity contribution in [3.05, 3.63) is 35.4 Å². The number of rotatable bonds is 6. The van der Waals surface area contributed by atoms with Crippen LogP contribution < -0.4 is 5.73 Å². The molecule has 3 nitrogen and oxygen atoms in total. The molecule has 0 aliphatic heterocycles. The molecule has 122 valence electrons. The Morgan fingerprint density at radius 3 is 2.45 bits per heavy atom. The summed E-state index contributed by atoms with van der Waals surface area (Å²) in [6.45, 7) is 7.15. The zero-order valence-corrected chi connectivity index (χ0v) is 14.2. The van der Waals surface area contributed by atoms with Gasteiger partial charge >= 0.3 is 0 Å². The second-order valence-corrected chi connectivity index (χ2v) is 6.65. The highest BCUT2D eigenvalue weighted by Gasteiger charge is 2.32. The summed E-state index contributed by atoms with van der Waals surface area (Å²) in [5.41, 5.74) is 8.57. The Hall–Kier alpha value is -1.35. The number of carbonyl (C=O) groups excluding carboxylic acids is 1. The molecule has 1 aliphatic carbocycles. The monoisotopic (exact) mass is 302 g/mol. The van der Waals surface area contributed by atoms with Gasteiger partial charge in [0, 0.05) is 24.5 Å². The second-order valence-electron chi connectivity index (χ2n) is 6.65. The van der Waals surface area contributed by atoms with E-state index < -0.39 is 0 Å². The molecule has 1 amide bonds. The number of benzene rings is 1. The molecule has 3 heteroatoms. The largest absolute Gasteiger partial charge is 0.339 e. The maximum atomic E-state index is 12.8. The minimum absolute atomic E-state index is 0.141. The Kier molecular flexibility index (Phi) is 6.01. The lowest BCUT2D eigenvalue weighted by Gasteiger charge is -2.32. The molecule has 0 aromatic heterocycles. The van der Waals surface area contributed by atoms with Crippen molar-refractivity contribution in [1.82, 2.24) is 4.90 Å². The van der Waals surface area contributed by atoms with Gasteiger partial charge in [-0.15, -0.1) is 0 Å². The third kappa shape index (κ3) is 4.10. The van der Waals surface area contributed by atoms with Gasteiger partial charge in [-0.25, -0.2) is 0 Å². The molecule has 0 heterocycles. The van der Waals surface area contributed by atoms with Crippen LogP contribution in [0.15, 0.2) is 24.3 Å². The van der Waals surface area contributed by atoms with Crippen molar-refractivity contribution in [2.75, 3.05) is 6.54 Å². The van der Waals surface area contributed by atoms with Crippen molar-refractivity contribution < 1.29 is 4.79 Å². The lowest BCUT2D eigenvalue weighted by Crippen LogP contribution is -2.44. The van der Waals surface area contributed by atoms with E-state index in [0.29, 0.717) is 5.91 Å². The maximum Gasteiger partial charge on any atom is 0.225 e. The predicted molar refractivity (Wildman–Crippen MR) is 91.7 cm³/mol. The highest BCUT2D eigenvalue weighted by Crippen LogP contribution is 2.27. The molecule has 0 saturated heterocycles. The summed E-state index contributed by atoms with van der Waals surface area (Å²) in [4.78, 5) is 14.9. The normalized spacial score (nSPS) is 22.5. The van der Waals surface area contributed by atoms with E-state index in [1.165, 1.54) is 11.1 Å². The maximum absolute atomic E-state index is 12.8. The summed E-state index contributed by atoms with van der Waals surface area (Å²) >= 11 is 0. The van der Waals surface area contributed by atoms with Crippen molar-refractivity contribution in [1.29, 1.82) is 0 Å². The first-order chi connectivity index (χ1) is 10.5. The van der Waals surface area contributed by atoms with Crippen molar-refractivity contribution >= 4 is 5.91 Å². The number of carbonyl (C=O) groups is 1. The minimum atomic E-state index is 0.141. The topological polar surface area (TPSA) is 46.3 Å². The van der Waals surface area contributed by atoms with E-state index in [0.717, 1.165) is 38.6 Å². The van der Waals surface area contributed by atoms with Crippen molar-refractivity contribution in [3.8, 4) is 0 Å². The summed E-state index contributed by atoms with van der Waals surface area (Å²) in [7, 11) is 0. The summed E-state index contributed by atoms with van der Waals surface area (Å²) in [6.07, 6.45) is 4.73. The number of aryl methyl sites for hydroxylation is 1.